The predicted molar refractivity (Wildman–Crippen MR) is 109 cm³/mol. The summed E-state index contributed by atoms with van der Waals surface area (Å²) in [6.45, 7) is 6.46. The summed E-state index contributed by atoms with van der Waals surface area (Å²) < 4.78 is 6.84. The molecular formula is C21H20BrNOS. The lowest BCUT2D eigenvalue weighted by Crippen LogP contribution is -1.84. The average Bonchev–Trinajstić information content (AvgIpc) is 2.95. The van der Waals surface area contributed by atoms with Crippen LogP contribution in [-0.2, 0) is 0 Å². The fraction of sp³-hybridized carbons (Fsp3) is 0.190. The SMILES string of the molecule is Cc1ccc(Sc2oc(C=Nc3ccc(C(C)C)cc3)cc2Br)cc1. The molecule has 2 nitrogen and oxygen atoms in total. The van der Waals surface area contributed by atoms with Gasteiger partial charge in [0.25, 0.3) is 0 Å². The van der Waals surface area contributed by atoms with Gasteiger partial charge in [-0.05, 0) is 58.6 Å². The van der Waals surface area contributed by atoms with Crippen LogP contribution in [0.5, 0.6) is 0 Å². The Hall–Kier alpha value is -1.78. The highest BCUT2D eigenvalue weighted by atomic mass is 79.9. The maximum atomic E-state index is 5.90. The molecule has 4 heteroatoms. The molecule has 0 bridgehead atoms. The summed E-state index contributed by atoms with van der Waals surface area (Å²) in [6.07, 6.45) is 1.76. The van der Waals surface area contributed by atoms with Gasteiger partial charge in [-0.25, -0.2) is 0 Å². The van der Waals surface area contributed by atoms with E-state index in [1.165, 1.54) is 11.1 Å². The molecule has 25 heavy (non-hydrogen) atoms. The lowest BCUT2D eigenvalue weighted by atomic mass is 10.0. The van der Waals surface area contributed by atoms with Gasteiger partial charge < -0.3 is 4.42 Å². The van der Waals surface area contributed by atoms with Crippen molar-refractivity contribution in [3.63, 3.8) is 0 Å². The number of aliphatic imine (C=N–C) groups is 1. The topological polar surface area (TPSA) is 25.5 Å². The Balaban J connectivity index is 1.72. The van der Waals surface area contributed by atoms with Gasteiger partial charge in [0, 0.05) is 11.0 Å². The van der Waals surface area contributed by atoms with Crippen LogP contribution in [0.3, 0.4) is 0 Å². The fourth-order valence-electron chi connectivity index (χ4n) is 2.30. The Morgan fingerprint density at radius 2 is 1.72 bits per heavy atom. The van der Waals surface area contributed by atoms with E-state index in [1.54, 1.807) is 18.0 Å². The minimum absolute atomic E-state index is 0.528. The van der Waals surface area contributed by atoms with Crippen molar-refractivity contribution in [2.45, 2.75) is 36.7 Å². The second-order valence-corrected chi connectivity index (χ2v) is 8.10. The zero-order valence-corrected chi connectivity index (χ0v) is 16.9. The van der Waals surface area contributed by atoms with Crippen molar-refractivity contribution < 1.29 is 4.42 Å². The number of halogens is 1. The van der Waals surface area contributed by atoms with Crippen LogP contribution in [0, 0.1) is 6.92 Å². The molecule has 0 radical (unpaired) electrons. The van der Waals surface area contributed by atoms with E-state index in [1.807, 2.05) is 18.2 Å². The van der Waals surface area contributed by atoms with Crippen LogP contribution in [0.25, 0.3) is 0 Å². The maximum Gasteiger partial charge on any atom is 0.179 e. The van der Waals surface area contributed by atoms with Gasteiger partial charge in [0.05, 0.1) is 16.4 Å². The Kier molecular flexibility index (Phi) is 5.82. The van der Waals surface area contributed by atoms with Gasteiger partial charge in [0.1, 0.15) is 5.76 Å². The summed E-state index contributed by atoms with van der Waals surface area (Å²) in [5.41, 5.74) is 3.49. The molecule has 128 valence electrons. The van der Waals surface area contributed by atoms with Crippen LogP contribution in [0.1, 0.15) is 36.7 Å². The van der Waals surface area contributed by atoms with Crippen LogP contribution in [0.4, 0.5) is 5.69 Å². The molecule has 0 saturated heterocycles. The lowest BCUT2D eigenvalue weighted by Gasteiger charge is -2.04. The minimum Gasteiger partial charge on any atom is -0.447 e. The first kappa shape index (κ1) is 18.0. The number of hydrogen-bond acceptors (Lipinski definition) is 3. The Morgan fingerprint density at radius 1 is 1.04 bits per heavy atom. The molecule has 0 unspecified atom stereocenters. The molecular weight excluding hydrogens is 394 g/mol. The number of aryl methyl sites for hydroxylation is 1. The molecule has 3 rings (SSSR count). The van der Waals surface area contributed by atoms with E-state index in [0.717, 1.165) is 25.9 Å². The zero-order chi connectivity index (χ0) is 17.8. The Morgan fingerprint density at radius 3 is 2.36 bits per heavy atom. The van der Waals surface area contributed by atoms with E-state index in [0.29, 0.717) is 5.92 Å². The summed E-state index contributed by atoms with van der Waals surface area (Å²) in [4.78, 5) is 5.65. The minimum atomic E-state index is 0.528. The first-order chi connectivity index (χ1) is 12.0. The van der Waals surface area contributed by atoms with Crippen molar-refractivity contribution in [3.8, 4) is 0 Å². The van der Waals surface area contributed by atoms with Crippen molar-refractivity contribution in [2.24, 2.45) is 4.99 Å². The molecule has 0 aliphatic heterocycles. The highest BCUT2D eigenvalue weighted by Gasteiger charge is 2.09. The molecule has 1 aromatic heterocycles. The van der Waals surface area contributed by atoms with E-state index in [9.17, 15) is 0 Å². The van der Waals surface area contributed by atoms with Gasteiger partial charge in [-0.2, -0.15) is 0 Å². The van der Waals surface area contributed by atoms with Gasteiger partial charge in [0.15, 0.2) is 5.09 Å². The summed E-state index contributed by atoms with van der Waals surface area (Å²) in [5.74, 6) is 1.26. The standard InChI is InChI=1S/C21H20BrNOS/c1-14(2)16-6-8-17(9-7-16)23-13-18-12-20(22)21(24-18)25-19-10-4-15(3)5-11-19/h4-14H,1-3H3. The van der Waals surface area contributed by atoms with Crippen molar-refractivity contribution in [2.75, 3.05) is 0 Å². The number of rotatable bonds is 5. The second kappa shape index (κ2) is 8.07. The number of furan rings is 1. The van der Waals surface area contributed by atoms with E-state index in [-0.39, 0.29) is 0 Å². The highest BCUT2D eigenvalue weighted by Crippen LogP contribution is 2.35. The van der Waals surface area contributed by atoms with Crippen molar-refractivity contribution in [3.05, 3.63) is 76.0 Å². The van der Waals surface area contributed by atoms with Gasteiger partial charge in [-0.15, -0.1) is 0 Å². The zero-order valence-electron chi connectivity index (χ0n) is 14.5. The molecule has 0 spiro atoms. The molecule has 0 saturated carbocycles. The van der Waals surface area contributed by atoms with Gasteiger partial charge in [0.2, 0.25) is 0 Å². The lowest BCUT2D eigenvalue weighted by molar-refractivity contribution is 0.466. The molecule has 0 atom stereocenters. The van der Waals surface area contributed by atoms with Gasteiger partial charge in [-0.1, -0.05) is 55.4 Å². The molecule has 2 aromatic carbocycles. The van der Waals surface area contributed by atoms with E-state index in [4.69, 9.17) is 4.42 Å². The summed E-state index contributed by atoms with van der Waals surface area (Å²) >= 11 is 5.16. The molecule has 1 heterocycles. The average molecular weight is 414 g/mol. The largest absolute Gasteiger partial charge is 0.447 e. The molecule has 0 aliphatic carbocycles. The van der Waals surface area contributed by atoms with Crippen molar-refractivity contribution in [1.82, 2.24) is 0 Å². The monoisotopic (exact) mass is 413 g/mol. The normalized spacial score (nSPS) is 11.6. The first-order valence-corrected chi connectivity index (χ1v) is 9.80. The molecule has 0 aliphatic rings. The predicted octanol–water partition coefficient (Wildman–Crippen LogP) is 7.38. The molecule has 3 aromatic rings. The van der Waals surface area contributed by atoms with Crippen LogP contribution < -0.4 is 0 Å². The van der Waals surface area contributed by atoms with Gasteiger partial charge in [-0.3, -0.25) is 4.99 Å². The van der Waals surface area contributed by atoms with E-state index >= 15 is 0 Å². The smallest absolute Gasteiger partial charge is 0.179 e. The maximum absolute atomic E-state index is 5.90. The quantitative estimate of drug-likeness (QED) is 0.407. The first-order valence-electron chi connectivity index (χ1n) is 8.19. The van der Waals surface area contributed by atoms with E-state index < -0.39 is 0 Å². The second-order valence-electron chi connectivity index (χ2n) is 6.20. The molecule has 0 N–H and O–H groups in total. The summed E-state index contributed by atoms with van der Waals surface area (Å²) in [6, 6.07) is 18.6. The van der Waals surface area contributed by atoms with Crippen LogP contribution in [0.15, 0.2) is 78.5 Å². The highest BCUT2D eigenvalue weighted by molar-refractivity contribution is 9.10. The van der Waals surface area contributed by atoms with Crippen molar-refractivity contribution in [1.29, 1.82) is 0 Å². The summed E-state index contributed by atoms with van der Waals surface area (Å²) in [7, 11) is 0. The summed E-state index contributed by atoms with van der Waals surface area (Å²) in [5, 5.41) is 0.834. The van der Waals surface area contributed by atoms with Crippen LogP contribution in [0.2, 0.25) is 0 Å². The molecule has 0 amide bonds. The number of hydrogen-bond donors (Lipinski definition) is 0. The number of nitrogens with zero attached hydrogens (tertiary/aromatic N) is 1. The van der Waals surface area contributed by atoms with Gasteiger partial charge >= 0.3 is 0 Å². The Labute approximate surface area is 161 Å². The molecule has 0 fully saturated rings. The fourth-order valence-corrected chi connectivity index (χ4v) is 3.63. The Bertz CT molecular complexity index is 864. The number of benzene rings is 2. The van der Waals surface area contributed by atoms with Crippen molar-refractivity contribution >= 4 is 39.6 Å². The van der Waals surface area contributed by atoms with E-state index in [2.05, 4.69) is 78.1 Å². The third kappa shape index (κ3) is 4.86. The van der Waals surface area contributed by atoms with Crippen LogP contribution in [-0.4, -0.2) is 6.21 Å². The van der Waals surface area contributed by atoms with Crippen LogP contribution >= 0.6 is 27.7 Å². The third-order valence-electron chi connectivity index (χ3n) is 3.81. The third-order valence-corrected chi connectivity index (χ3v) is 5.65.